The van der Waals surface area contributed by atoms with Crippen LogP contribution in [0, 0.1) is 6.92 Å². The van der Waals surface area contributed by atoms with Gasteiger partial charge in [-0.1, -0.05) is 24.3 Å². The molecule has 1 aliphatic heterocycles. The summed E-state index contributed by atoms with van der Waals surface area (Å²) >= 11 is 0. The molecule has 2 N–H and O–H groups in total. The van der Waals surface area contributed by atoms with Crippen LogP contribution in [0.1, 0.15) is 43.7 Å². The summed E-state index contributed by atoms with van der Waals surface area (Å²) in [6.07, 6.45) is 3.40. The molecule has 0 spiro atoms. The molecule has 5 heteroatoms. The van der Waals surface area contributed by atoms with Gasteiger partial charge in [-0.15, -0.1) is 0 Å². The first-order valence-electron chi connectivity index (χ1n) is 8.75. The topological polar surface area (TPSA) is 69.6 Å². The minimum absolute atomic E-state index is 0.100. The number of rotatable bonds is 7. The lowest BCUT2D eigenvalue weighted by Crippen LogP contribution is -2.46. The predicted molar refractivity (Wildman–Crippen MR) is 93.5 cm³/mol. The van der Waals surface area contributed by atoms with E-state index >= 15 is 0 Å². The Labute approximate surface area is 144 Å². The zero-order valence-corrected chi connectivity index (χ0v) is 14.6. The van der Waals surface area contributed by atoms with Crippen LogP contribution >= 0.6 is 0 Å². The summed E-state index contributed by atoms with van der Waals surface area (Å²) in [6, 6.07) is 7.57. The number of carbonyl (C=O) groups excluding carboxylic acids is 2. The van der Waals surface area contributed by atoms with Crippen molar-refractivity contribution < 1.29 is 14.7 Å². The average Bonchev–Trinajstić information content (AvgIpc) is 2.56. The molecule has 0 unspecified atom stereocenters. The van der Waals surface area contributed by atoms with Gasteiger partial charge in [0.15, 0.2) is 0 Å². The Bertz CT molecular complexity index is 573. The molecule has 24 heavy (non-hydrogen) atoms. The lowest BCUT2D eigenvalue weighted by atomic mass is 10.0. The Balaban J connectivity index is 1.87. The number of likely N-dealkylation sites (tertiary alicyclic amines) is 1. The van der Waals surface area contributed by atoms with Gasteiger partial charge >= 0.3 is 0 Å². The number of carbonyl (C=O) groups is 2. The molecule has 2 amide bonds. The second-order valence-electron chi connectivity index (χ2n) is 6.68. The quantitative estimate of drug-likeness (QED) is 0.800. The van der Waals surface area contributed by atoms with Crippen molar-refractivity contribution in [2.75, 3.05) is 13.2 Å². The van der Waals surface area contributed by atoms with Crippen molar-refractivity contribution in [3.8, 4) is 0 Å². The molecular weight excluding hydrogens is 304 g/mol. The second-order valence-corrected chi connectivity index (χ2v) is 6.68. The fourth-order valence-electron chi connectivity index (χ4n) is 3.22. The molecule has 0 bridgehead atoms. The Morgan fingerprint density at radius 2 is 2.08 bits per heavy atom. The summed E-state index contributed by atoms with van der Waals surface area (Å²) < 4.78 is 0. The Hall–Kier alpha value is -1.88. The highest BCUT2D eigenvalue weighted by atomic mass is 16.3. The van der Waals surface area contributed by atoms with E-state index in [0.717, 1.165) is 30.5 Å². The van der Waals surface area contributed by atoms with Crippen LogP contribution in [0.5, 0.6) is 0 Å². The number of benzene rings is 1. The molecule has 1 aromatic carbocycles. The van der Waals surface area contributed by atoms with E-state index < -0.39 is 0 Å². The second kappa shape index (κ2) is 8.83. The molecule has 1 saturated heterocycles. The third-order valence-electron chi connectivity index (χ3n) is 4.69. The van der Waals surface area contributed by atoms with Gasteiger partial charge in [-0.3, -0.25) is 9.59 Å². The Morgan fingerprint density at radius 1 is 1.33 bits per heavy atom. The summed E-state index contributed by atoms with van der Waals surface area (Å²) in [6.45, 7) is 4.57. The van der Waals surface area contributed by atoms with Crippen molar-refractivity contribution in [1.29, 1.82) is 0 Å². The molecule has 5 nitrogen and oxygen atoms in total. The summed E-state index contributed by atoms with van der Waals surface area (Å²) in [5.41, 5.74) is 2.27. The van der Waals surface area contributed by atoms with Gasteiger partial charge in [0.25, 0.3) is 0 Å². The van der Waals surface area contributed by atoms with Gasteiger partial charge in [-0.2, -0.15) is 0 Å². The van der Waals surface area contributed by atoms with E-state index in [9.17, 15) is 14.7 Å². The minimum atomic E-state index is -0.303. The average molecular weight is 332 g/mol. The lowest BCUT2D eigenvalue weighted by molar-refractivity contribution is -0.136. The van der Waals surface area contributed by atoms with Crippen molar-refractivity contribution in [3.63, 3.8) is 0 Å². The number of hydrogen-bond donors (Lipinski definition) is 2. The normalized spacial score (nSPS) is 17.5. The number of nitrogens with zero attached hydrogens (tertiary/aromatic N) is 1. The van der Waals surface area contributed by atoms with Gasteiger partial charge in [-0.05, 0) is 44.2 Å². The molecule has 2 atom stereocenters. The smallest absolute Gasteiger partial charge is 0.222 e. The van der Waals surface area contributed by atoms with E-state index in [1.54, 1.807) is 4.90 Å². The molecule has 0 saturated carbocycles. The van der Waals surface area contributed by atoms with Crippen molar-refractivity contribution in [3.05, 3.63) is 35.4 Å². The Morgan fingerprint density at radius 3 is 2.75 bits per heavy atom. The molecule has 1 fully saturated rings. The molecular formula is C19H28N2O3. The van der Waals surface area contributed by atoms with Gasteiger partial charge < -0.3 is 15.3 Å². The van der Waals surface area contributed by atoms with E-state index in [2.05, 4.69) is 5.32 Å². The van der Waals surface area contributed by atoms with E-state index in [0.29, 0.717) is 12.8 Å². The predicted octanol–water partition coefficient (Wildman–Crippen LogP) is 1.81. The van der Waals surface area contributed by atoms with Gasteiger partial charge in [0.05, 0.1) is 12.6 Å². The van der Waals surface area contributed by atoms with Crippen LogP contribution in [-0.4, -0.2) is 47.1 Å². The largest absolute Gasteiger partial charge is 0.394 e. The van der Waals surface area contributed by atoms with Crippen LogP contribution in [0.3, 0.4) is 0 Å². The summed E-state index contributed by atoms with van der Waals surface area (Å²) in [5.74, 6) is 0.0219. The summed E-state index contributed by atoms with van der Waals surface area (Å²) in [7, 11) is 0. The van der Waals surface area contributed by atoms with Crippen LogP contribution in [0.4, 0.5) is 0 Å². The third kappa shape index (κ3) is 5.06. The molecule has 2 rings (SSSR count). The SMILES string of the molecule is Cc1ccccc1C[C@H](CO)NC(=O)C[C@@H](C)N1CCCCC1=O. The van der Waals surface area contributed by atoms with Crippen molar-refractivity contribution in [1.82, 2.24) is 10.2 Å². The molecule has 1 aliphatic rings. The van der Waals surface area contributed by atoms with Crippen LogP contribution in [0.15, 0.2) is 24.3 Å². The zero-order chi connectivity index (χ0) is 17.5. The van der Waals surface area contributed by atoms with Gasteiger partial charge in [0, 0.05) is 25.4 Å². The minimum Gasteiger partial charge on any atom is -0.394 e. The molecule has 1 heterocycles. The fourth-order valence-corrected chi connectivity index (χ4v) is 3.22. The van der Waals surface area contributed by atoms with Gasteiger partial charge in [0.1, 0.15) is 0 Å². The highest BCUT2D eigenvalue weighted by Gasteiger charge is 2.25. The van der Waals surface area contributed by atoms with E-state index in [1.165, 1.54) is 0 Å². The van der Waals surface area contributed by atoms with Crippen LogP contribution in [0.2, 0.25) is 0 Å². The lowest BCUT2D eigenvalue weighted by Gasteiger charge is -2.32. The zero-order valence-electron chi connectivity index (χ0n) is 14.6. The molecule has 0 aliphatic carbocycles. The number of nitrogens with one attached hydrogen (secondary N) is 1. The van der Waals surface area contributed by atoms with E-state index in [1.807, 2.05) is 38.1 Å². The van der Waals surface area contributed by atoms with E-state index in [-0.39, 0.29) is 36.9 Å². The van der Waals surface area contributed by atoms with Gasteiger partial charge in [0.2, 0.25) is 11.8 Å². The maximum Gasteiger partial charge on any atom is 0.222 e. The molecule has 132 valence electrons. The number of aliphatic hydroxyl groups excluding tert-OH is 1. The van der Waals surface area contributed by atoms with Crippen molar-refractivity contribution in [2.24, 2.45) is 0 Å². The van der Waals surface area contributed by atoms with Gasteiger partial charge in [-0.25, -0.2) is 0 Å². The maximum absolute atomic E-state index is 12.3. The number of piperidine rings is 1. The fraction of sp³-hybridized carbons (Fsp3) is 0.579. The van der Waals surface area contributed by atoms with Crippen LogP contribution < -0.4 is 5.32 Å². The summed E-state index contributed by atoms with van der Waals surface area (Å²) in [5, 5.41) is 12.5. The monoisotopic (exact) mass is 332 g/mol. The number of amides is 2. The van der Waals surface area contributed by atoms with Crippen LogP contribution in [0.25, 0.3) is 0 Å². The first-order valence-corrected chi connectivity index (χ1v) is 8.75. The highest BCUT2D eigenvalue weighted by molar-refractivity contribution is 5.80. The highest BCUT2D eigenvalue weighted by Crippen LogP contribution is 2.16. The van der Waals surface area contributed by atoms with Crippen LogP contribution in [-0.2, 0) is 16.0 Å². The summed E-state index contributed by atoms with van der Waals surface area (Å²) in [4.78, 5) is 26.0. The Kier molecular flexibility index (Phi) is 6.79. The number of aryl methyl sites for hydroxylation is 1. The third-order valence-corrected chi connectivity index (χ3v) is 4.69. The molecule has 0 radical (unpaired) electrons. The molecule has 0 aromatic heterocycles. The number of hydrogen-bond acceptors (Lipinski definition) is 3. The van der Waals surface area contributed by atoms with E-state index in [4.69, 9.17) is 0 Å². The molecule has 1 aromatic rings. The first kappa shape index (κ1) is 18.5. The first-order chi connectivity index (χ1) is 11.5. The standard InChI is InChI=1S/C19H28N2O3/c1-14-7-3-4-8-16(14)12-17(13-22)20-18(23)11-15(2)21-10-6-5-9-19(21)24/h3-4,7-8,15,17,22H,5-6,9-13H2,1-2H3,(H,20,23)/t15-,17-/m1/s1. The number of aliphatic hydroxyl groups is 1. The van der Waals surface area contributed by atoms with Crippen molar-refractivity contribution >= 4 is 11.8 Å². The van der Waals surface area contributed by atoms with Crippen molar-refractivity contribution in [2.45, 2.75) is 58.0 Å². The maximum atomic E-state index is 12.3.